The zero-order chi connectivity index (χ0) is 19.7. The third-order valence-electron chi connectivity index (χ3n) is 6.20. The number of ketones is 1. The van der Waals surface area contributed by atoms with Crippen molar-refractivity contribution >= 4 is 5.78 Å². The highest BCUT2D eigenvalue weighted by Gasteiger charge is 2.49. The van der Waals surface area contributed by atoms with E-state index in [0.717, 1.165) is 32.4 Å². The van der Waals surface area contributed by atoms with Gasteiger partial charge in [-0.3, -0.25) is 9.69 Å². The van der Waals surface area contributed by atoms with Crippen molar-refractivity contribution < 1.29 is 19.0 Å². The fourth-order valence-electron chi connectivity index (χ4n) is 4.88. The van der Waals surface area contributed by atoms with Gasteiger partial charge in [0, 0.05) is 26.6 Å². The van der Waals surface area contributed by atoms with Gasteiger partial charge in [0.15, 0.2) is 11.5 Å². The summed E-state index contributed by atoms with van der Waals surface area (Å²) in [6.07, 6.45) is 2.88. The first-order valence-electron chi connectivity index (χ1n) is 9.68. The number of pyridine rings is 1. The summed E-state index contributed by atoms with van der Waals surface area (Å²) in [5.41, 5.74) is 1.22. The molecular weight excluding hydrogens is 359 g/mol. The average molecular weight is 384 g/mol. The Morgan fingerprint density at radius 3 is 2.50 bits per heavy atom. The maximum Gasteiger partial charge on any atom is 0.255 e. The summed E-state index contributed by atoms with van der Waals surface area (Å²) in [6.45, 7) is 1.91. The fourth-order valence-corrected chi connectivity index (χ4v) is 4.88. The van der Waals surface area contributed by atoms with Crippen molar-refractivity contribution in [1.29, 1.82) is 0 Å². The number of likely N-dealkylation sites (tertiary alicyclic amines) is 1. The van der Waals surface area contributed by atoms with Gasteiger partial charge in [-0.25, -0.2) is 4.98 Å². The average Bonchev–Trinajstić information content (AvgIpc) is 3.20. The van der Waals surface area contributed by atoms with E-state index in [1.807, 2.05) is 6.07 Å². The zero-order valence-corrected chi connectivity index (χ0v) is 16.0. The third-order valence-corrected chi connectivity index (χ3v) is 6.20. The van der Waals surface area contributed by atoms with Crippen molar-refractivity contribution in [1.82, 2.24) is 9.88 Å². The number of aromatic hydroxyl groups is 1. The summed E-state index contributed by atoms with van der Waals surface area (Å²) in [5, 5.41) is 9.23. The summed E-state index contributed by atoms with van der Waals surface area (Å²) < 4.78 is 19.4. The Labute approximate surface area is 164 Å². The van der Waals surface area contributed by atoms with Crippen molar-refractivity contribution in [3.8, 4) is 5.75 Å². The van der Waals surface area contributed by atoms with Crippen molar-refractivity contribution in [2.45, 2.75) is 24.9 Å². The molecule has 1 saturated carbocycles. The molecule has 28 heavy (non-hydrogen) atoms. The molecule has 2 aromatic rings. The first-order valence-corrected chi connectivity index (χ1v) is 9.68. The molecule has 6 heteroatoms. The molecule has 1 aromatic heterocycles. The van der Waals surface area contributed by atoms with Gasteiger partial charge in [0.1, 0.15) is 5.69 Å². The van der Waals surface area contributed by atoms with Gasteiger partial charge in [0.25, 0.3) is 5.95 Å². The minimum Gasteiger partial charge on any atom is -0.504 e. The number of hydrogen-bond acceptors (Lipinski definition) is 5. The van der Waals surface area contributed by atoms with Crippen LogP contribution in [-0.4, -0.2) is 53.1 Å². The van der Waals surface area contributed by atoms with Crippen LogP contribution in [0.2, 0.25) is 0 Å². The third kappa shape index (κ3) is 3.80. The number of carbonyl (C=O) groups excluding carboxylic acids is 1. The molecule has 0 radical (unpaired) electrons. The van der Waals surface area contributed by atoms with Gasteiger partial charge >= 0.3 is 0 Å². The van der Waals surface area contributed by atoms with Gasteiger partial charge in [0.05, 0.1) is 12.1 Å². The number of nitrogens with zero attached hydrogens (tertiary/aromatic N) is 2. The second-order valence-corrected chi connectivity index (χ2v) is 8.10. The number of carbonyl (C=O) groups is 1. The molecule has 1 aromatic carbocycles. The molecule has 2 heterocycles. The highest BCUT2D eigenvalue weighted by atomic mass is 19.1. The predicted octanol–water partition coefficient (Wildman–Crippen LogP) is 3.08. The fraction of sp³-hybridized carbons (Fsp3) is 0.455. The molecular formula is C22H25FN2O3. The van der Waals surface area contributed by atoms with E-state index in [9.17, 15) is 14.3 Å². The Morgan fingerprint density at radius 2 is 1.89 bits per heavy atom. The number of methoxy groups -OCH3 is 1. The number of aromatic nitrogens is 1. The maximum atomic E-state index is 13.4. The summed E-state index contributed by atoms with van der Waals surface area (Å²) in [5.74, 6) is -0.764. The van der Waals surface area contributed by atoms with E-state index in [0.29, 0.717) is 11.8 Å². The Bertz CT molecular complexity index is 844. The number of benzene rings is 1. The van der Waals surface area contributed by atoms with E-state index in [-0.39, 0.29) is 23.6 Å². The summed E-state index contributed by atoms with van der Waals surface area (Å²) in [4.78, 5) is 18.1. The summed E-state index contributed by atoms with van der Waals surface area (Å²) >= 11 is 0. The first kappa shape index (κ1) is 19.0. The quantitative estimate of drug-likeness (QED) is 0.613. The normalized spacial score (nSPS) is 27.1. The molecule has 4 rings (SSSR count). The van der Waals surface area contributed by atoms with Crippen LogP contribution in [0.5, 0.6) is 5.75 Å². The molecule has 5 nitrogen and oxygen atoms in total. The first-order chi connectivity index (χ1) is 13.5. The van der Waals surface area contributed by atoms with Gasteiger partial charge in [-0.1, -0.05) is 30.3 Å². The van der Waals surface area contributed by atoms with Crippen LogP contribution in [-0.2, 0) is 11.2 Å². The van der Waals surface area contributed by atoms with Crippen molar-refractivity contribution in [2.24, 2.45) is 11.8 Å². The van der Waals surface area contributed by atoms with E-state index in [4.69, 9.17) is 4.74 Å². The Hall–Kier alpha value is -2.31. The van der Waals surface area contributed by atoms with E-state index >= 15 is 0 Å². The van der Waals surface area contributed by atoms with E-state index < -0.39 is 11.7 Å². The second-order valence-electron chi connectivity index (χ2n) is 8.10. The number of Topliss-reactive ketones (excluding diaryl/α,β-unsaturated/α-hetero) is 1. The van der Waals surface area contributed by atoms with Crippen LogP contribution in [0.25, 0.3) is 0 Å². The molecule has 2 fully saturated rings. The maximum absolute atomic E-state index is 13.4. The second kappa shape index (κ2) is 7.60. The lowest BCUT2D eigenvalue weighted by molar-refractivity contribution is -0.0129. The van der Waals surface area contributed by atoms with Crippen LogP contribution in [0, 0.1) is 17.8 Å². The molecule has 1 aliphatic carbocycles. The Morgan fingerprint density at radius 1 is 1.21 bits per heavy atom. The predicted molar refractivity (Wildman–Crippen MR) is 103 cm³/mol. The van der Waals surface area contributed by atoms with E-state index in [1.165, 1.54) is 17.7 Å². The van der Waals surface area contributed by atoms with Gasteiger partial charge in [-0.15, -0.1) is 0 Å². The number of hydrogen-bond donors (Lipinski definition) is 1. The smallest absolute Gasteiger partial charge is 0.255 e. The van der Waals surface area contributed by atoms with Gasteiger partial charge in [-0.2, -0.15) is 4.39 Å². The van der Waals surface area contributed by atoms with E-state index in [1.54, 1.807) is 7.11 Å². The molecule has 1 saturated heterocycles. The van der Waals surface area contributed by atoms with Crippen LogP contribution in [0.15, 0.2) is 42.5 Å². The summed E-state index contributed by atoms with van der Waals surface area (Å²) in [6, 6.07) is 13.0. The molecule has 2 unspecified atom stereocenters. The Balaban J connectivity index is 1.37. The van der Waals surface area contributed by atoms with Crippen LogP contribution in [0.4, 0.5) is 4.39 Å². The van der Waals surface area contributed by atoms with Gasteiger partial charge in [0.2, 0.25) is 0 Å². The standard InChI is InChI=1S/C22H25FN2O3/c1-28-22(9-15-5-3-2-4-6-15)10-16-12-25(13-17(16)11-22)14-20(27)18-7-8-19(26)21(23)24-18/h2-8,16-17,26H,9-14H2,1H3. The number of fused-ring (bicyclic) bond motifs is 1. The Kier molecular flexibility index (Phi) is 5.17. The van der Waals surface area contributed by atoms with Crippen LogP contribution < -0.4 is 0 Å². The van der Waals surface area contributed by atoms with Gasteiger partial charge in [-0.05, 0) is 42.4 Å². The lowest BCUT2D eigenvalue weighted by Gasteiger charge is -2.30. The largest absolute Gasteiger partial charge is 0.504 e. The summed E-state index contributed by atoms with van der Waals surface area (Å²) in [7, 11) is 1.80. The molecule has 0 spiro atoms. The molecule has 148 valence electrons. The number of halogens is 1. The monoisotopic (exact) mass is 384 g/mol. The molecule has 2 aliphatic rings. The van der Waals surface area contributed by atoms with Crippen molar-refractivity contribution in [3.05, 3.63) is 59.7 Å². The van der Waals surface area contributed by atoms with Crippen LogP contribution in [0.1, 0.15) is 28.9 Å². The van der Waals surface area contributed by atoms with Crippen molar-refractivity contribution in [3.63, 3.8) is 0 Å². The van der Waals surface area contributed by atoms with Crippen LogP contribution >= 0.6 is 0 Å². The highest BCUT2D eigenvalue weighted by Crippen LogP contribution is 2.47. The minimum atomic E-state index is -1.00. The molecule has 1 aliphatic heterocycles. The SMILES string of the molecule is COC1(Cc2ccccc2)CC2CN(CC(=O)c3ccc(O)c(F)n3)CC2C1. The number of ether oxygens (including phenoxy) is 1. The number of rotatable bonds is 6. The lowest BCUT2D eigenvalue weighted by atomic mass is 9.91. The van der Waals surface area contributed by atoms with Crippen molar-refractivity contribution in [2.75, 3.05) is 26.7 Å². The topological polar surface area (TPSA) is 62.7 Å². The zero-order valence-electron chi connectivity index (χ0n) is 16.0. The highest BCUT2D eigenvalue weighted by molar-refractivity contribution is 5.95. The molecule has 0 amide bonds. The molecule has 1 N–H and O–H groups in total. The van der Waals surface area contributed by atoms with E-state index in [2.05, 4.69) is 34.1 Å². The van der Waals surface area contributed by atoms with Gasteiger partial charge < -0.3 is 9.84 Å². The van der Waals surface area contributed by atoms with Crippen LogP contribution in [0.3, 0.4) is 0 Å². The molecule has 0 bridgehead atoms. The lowest BCUT2D eigenvalue weighted by Crippen LogP contribution is -2.35. The minimum absolute atomic E-state index is 0.0580. The molecule has 2 atom stereocenters.